The van der Waals surface area contributed by atoms with Gasteiger partial charge < -0.3 is 9.47 Å². The number of rotatable bonds is 7. The Morgan fingerprint density at radius 2 is 2.00 bits per heavy atom. The number of nitrogens with zero attached hydrogens (tertiary/aromatic N) is 1. The Morgan fingerprint density at radius 3 is 2.71 bits per heavy atom. The molecule has 0 unspecified atom stereocenters. The predicted molar refractivity (Wildman–Crippen MR) is 119 cm³/mol. The molecule has 9 heteroatoms. The van der Waals surface area contributed by atoms with Gasteiger partial charge in [-0.2, -0.15) is 0 Å². The number of thioether (sulfide) groups is 1. The molecule has 1 heterocycles. The van der Waals surface area contributed by atoms with E-state index in [-0.39, 0.29) is 23.9 Å². The average Bonchev–Trinajstić information content (AvgIpc) is 3.01. The van der Waals surface area contributed by atoms with Gasteiger partial charge in [0.05, 0.1) is 11.5 Å². The van der Waals surface area contributed by atoms with Crippen LogP contribution < -0.4 is 4.74 Å². The second kappa shape index (κ2) is 10.1. The molecule has 0 saturated carbocycles. The van der Waals surface area contributed by atoms with Crippen molar-refractivity contribution in [2.45, 2.75) is 26.5 Å². The normalized spacial score (nSPS) is 16.0. The molecule has 0 N–H and O–H groups in total. The highest BCUT2D eigenvalue weighted by atomic mass is 79.9. The number of carbonyl (C=O) groups excluding carboxylic acids is 3. The van der Waals surface area contributed by atoms with E-state index in [0.717, 1.165) is 21.1 Å². The Morgan fingerprint density at radius 1 is 1.26 bits per heavy atom. The summed E-state index contributed by atoms with van der Waals surface area (Å²) in [6.45, 7) is 3.24. The van der Waals surface area contributed by atoms with Crippen molar-refractivity contribution in [3.8, 4) is 5.75 Å². The highest BCUT2D eigenvalue weighted by molar-refractivity contribution is 9.10. The van der Waals surface area contributed by atoms with E-state index in [4.69, 9.17) is 9.47 Å². The van der Waals surface area contributed by atoms with Crippen molar-refractivity contribution in [2.24, 2.45) is 0 Å². The van der Waals surface area contributed by atoms with Gasteiger partial charge >= 0.3 is 5.97 Å². The molecule has 162 valence electrons. The molecule has 0 bridgehead atoms. The maximum atomic E-state index is 13.9. The summed E-state index contributed by atoms with van der Waals surface area (Å²) in [5.74, 6) is -1.20. The van der Waals surface area contributed by atoms with Gasteiger partial charge in [-0.15, -0.1) is 0 Å². The summed E-state index contributed by atoms with van der Waals surface area (Å²) < 4.78 is 25.3. The third-order valence-corrected chi connectivity index (χ3v) is 5.81. The minimum absolute atomic E-state index is 0.00346. The first kappa shape index (κ1) is 23.0. The third-order valence-electron chi connectivity index (χ3n) is 4.44. The van der Waals surface area contributed by atoms with Gasteiger partial charge in [0.25, 0.3) is 11.1 Å². The summed E-state index contributed by atoms with van der Waals surface area (Å²) in [6, 6.07) is 10.4. The lowest BCUT2D eigenvalue weighted by Gasteiger charge is -2.19. The molecule has 1 fully saturated rings. The number of ether oxygens (including phenoxy) is 2. The number of halogens is 2. The number of hydrogen-bond donors (Lipinski definition) is 0. The topological polar surface area (TPSA) is 72.9 Å². The highest BCUT2D eigenvalue weighted by Crippen LogP contribution is 2.36. The fraction of sp³-hybridized carbons (Fsp3) is 0.227. The number of carbonyl (C=O) groups is 3. The molecule has 0 radical (unpaired) electrons. The van der Waals surface area contributed by atoms with Gasteiger partial charge in [0.1, 0.15) is 24.2 Å². The molecule has 2 aromatic carbocycles. The molecule has 1 saturated heterocycles. The summed E-state index contributed by atoms with van der Waals surface area (Å²) in [5.41, 5.74) is 0.917. The molecule has 0 aliphatic carbocycles. The van der Waals surface area contributed by atoms with Crippen molar-refractivity contribution in [3.05, 3.63) is 68.8 Å². The Kier molecular flexibility index (Phi) is 7.50. The molecule has 0 aromatic heterocycles. The van der Waals surface area contributed by atoms with E-state index in [0.29, 0.717) is 16.9 Å². The zero-order valence-electron chi connectivity index (χ0n) is 16.8. The Balaban J connectivity index is 1.85. The van der Waals surface area contributed by atoms with Crippen LogP contribution in [0.25, 0.3) is 6.08 Å². The molecular formula is C22H19BrFNO5S. The zero-order valence-corrected chi connectivity index (χ0v) is 19.2. The monoisotopic (exact) mass is 507 g/mol. The summed E-state index contributed by atoms with van der Waals surface area (Å²) in [7, 11) is 0. The fourth-order valence-electron chi connectivity index (χ4n) is 2.86. The number of hydrogen-bond acceptors (Lipinski definition) is 6. The molecule has 6 nitrogen and oxygen atoms in total. The van der Waals surface area contributed by atoms with Crippen molar-refractivity contribution in [1.29, 1.82) is 0 Å². The molecule has 1 aliphatic rings. The van der Waals surface area contributed by atoms with E-state index in [1.54, 1.807) is 43.3 Å². The second-order valence-corrected chi connectivity index (χ2v) is 8.45. The van der Waals surface area contributed by atoms with Crippen LogP contribution in [0.5, 0.6) is 5.75 Å². The van der Waals surface area contributed by atoms with Crippen LogP contribution in [0.15, 0.2) is 51.8 Å². The quantitative estimate of drug-likeness (QED) is 0.380. The molecular weight excluding hydrogens is 489 g/mol. The van der Waals surface area contributed by atoms with Crippen molar-refractivity contribution in [1.82, 2.24) is 4.90 Å². The van der Waals surface area contributed by atoms with Crippen molar-refractivity contribution in [3.63, 3.8) is 0 Å². The van der Waals surface area contributed by atoms with E-state index < -0.39 is 23.2 Å². The summed E-state index contributed by atoms with van der Waals surface area (Å²) in [4.78, 5) is 38.2. The van der Waals surface area contributed by atoms with Crippen LogP contribution in [0.1, 0.15) is 25.0 Å². The molecule has 1 atom stereocenters. The smallest absolute Gasteiger partial charge is 0.329 e. The van der Waals surface area contributed by atoms with Crippen LogP contribution in [0.2, 0.25) is 0 Å². The van der Waals surface area contributed by atoms with E-state index in [2.05, 4.69) is 15.9 Å². The second-order valence-electron chi connectivity index (χ2n) is 6.54. The zero-order chi connectivity index (χ0) is 22.5. The van der Waals surface area contributed by atoms with Gasteiger partial charge in [-0.05, 0) is 56.0 Å². The van der Waals surface area contributed by atoms with Gasteiger partial charge in [-0.1, -0.05) is 34.1 Å². The maximum absolute atomic E-state index is 13.9. The largest absolute Gasteiger partial charge is 0.488 e. The lowest BCUT2D eigenvalue weighted by molar-refractivity contribution is -0.150. The predicted octanol–water partition coefficient (Wildman–Crippen LogP) is 5.16. The lowest BCUT2D eigenvalue weighted by Crippen LogP contribution is -2.42. The highest BCUT2D eigenvalue weighted by Gasteiger charge is 2.41. The van der Waals surface area contributed by atoms with Crippen molar-refractivity contribution >= 4 is 50.9 Å². The molecule has 31 heavy (non-hydrogen) atoms. The lowest BCUT2D eigenvalue weighted by atomic mass is 10.1. The minimum atomic E-state index is -1.03. The van der Waals surface area contributed by atoms with Crippen LogP contribution in [0.4, 0.5) is 9.18 Å². The molecule has 2 amide bonds. The summed E-state index contributed by atoms with van der Waals surface area (Å²) in [6.07, 6.45) is 1.52. The van der Waals surface area contributed by atoms with Crippen LogP contribution >= 0.6 is 27.7 Å². The standard InChI is InChI=1S/C22H19BrFNO5S/c1-3-29-21(27)13(2)25-20(26)19(31-22(25)28)11-15-10-16(23)8-9-18(15)30-12-14-6-4-5-7-17(14)24/h4-11,13H,3,12H2,1-2H3/b19-11+/t13-/m0/s1. The number of amides is 2. The Hall–Kier alpha value is -2.65. The average molecular weight is 508 g/mol. The van der Waals surface area contributed by atoms with Crippen LogP contribution in [-0.4, -0.2) is 34.7 Å². The summed E-state index contributed by atoms with van der Waals surface area (Å²) in [5, 5.41) is -0.555. The van der Waals surface area contributed by atoms with Crippen molar-refractivity contribution in [2.75, 3.05) is 6.61 Å². The number of imide groups is 1. The minimum Gasteiger partial charge on any atom is -0.488 e. The van der Waals surface area contributed by atoms with Gasteiger partial charge in [0.15, 0.2) is 0 Å². The maximum Gasteiger partial charge on any atom is 0.329 e. The van der Waals surface area contributed by atoms with Gasteiger partial charge in [-0.3, -0.25) is 14.5 Å². The number of benzene rings is 2. The first-order valence-electron chi connectivity index (χ1n) is 9.41. The molecule has 3 rings (SSSR count). The molecule has 0 spiro atoms. The van der Waals surface area contributed by atoms with E-state index >= 15 is 0 Å². The van der Waals surface area contributed by atoms with Crippen LogP contribution in [0.3, 0.4) is 0 Å². The van der Waals surface area contributed by atoms with E-state index in [9.17, 15) is 18.8 Å². The molecule has 2 aromatic rings. The van der Waals surface area contributed by atoms with Crippen molar-refractivity contribution < 1.29 is 28.2 Å². The van der Waals surface area contributed by atoms with Gasteiger partial charge in [-0.25, -0.2) is 9.18 Å². The summed E-state index contributed by atoms with van der Waals surface area (Å²) >= 11 is 4.11. The fourth-order valence-corrected chi connectivity index (χ4v) is 4.14. The van der Waals surface area contributed by atoms with Gasteiger partial charge in [0, 0.05) is 15.6 Å². The number of esters is 1. The van der Waals surface area contributed by atoms with E-state index in [1.807, 2.05) is 0 Å². The first-order valence-corrected chi connectivity index (χ1v) is 11.0. The first-order chi connectivity index (χ1) is 14.8. The van der Waals surface area contributed by atoms with Crippen LogP contribution in [0, 0.1) is 5.82 Å². The van der Waals surface area contributed by atoms with Crippen LogP contribution in [-0.2, 0) is 20.9 Å². The van der Waals surface area contributed by atoms with Gasteiger partial charge in [0.2, 0.25) is 0 Å². The third kappa shape index (κ3) is 5.34. The molecule has 1 aliphatic heterocycles. The Bertz CT molecular complexity index is 1060. The SMILES string of the molecule is CCOC(=O)[C@H](C)N1C(=O)S/C(=C/c2cc(Br)ccc2OCc2ccccc2F)C1=O. The van der Waals surface area contributed by atoms with E-state index in [1.165, 1.54) is 19.1 Å². The Labute approximate surface area is 191 Å².